The number of rotatable bonds is 10. The summed E-state index contributed by atoms with van der Waals surface area (Å²) in [5.41, 5.74) is 5.38. The standard InChI is InChI=1S/C31H32N6O3/c38-31(24-7-10-26(11-8-24)40-16-4-13-36-14-17-39-18-15-36)33-30-20-28(34-35-30)25-9-12-27-29(19-25)37(22-32-27)21-23-5-2-1-3-6-23/h1-3,5-12,19-20,22H,4,13-18,21H2,(H2,33,34,35,38). The molecular weight excluding hydrogens is 504 g/mol. The van der Waals surface area contributed by atoms with Crippen LogP contribution < -0.4 is 10.1 Å². The van der Waals surface area contributed by atoms with Crippen LogP contribution in [0.2, 0.25) is 0 Å². The molecule has 9 nitrogen and oxygen atoms in total. The van der Waals surface area contributed by atoms with E-state index in [-0.39, 0.29) is 5.91 Å². The number of benzene rings is 3. The van der Waals surface area contributed by atoms with Crippen LogP contribution in [0.3, 0.4) is 0 Å². The van der Waals surface area contributed by atoms with Crippen LogP contribution in [0.25, 0.3) is 22.3 Å². The van der Waals surface area contributed by atoms with Gasteiger partial charge in [-0.3, -0.25) is 14.8 Å². The summed E-state index contributed by atoms with van der Waals surface area (Å²) in [4.78, 5) is 19.8. The number of aromatic amines is 1. The van der Waals surface area contributed by atoms with Gasteiger partial charge in [0.15, 0.2) is 0 Å². The monoisotopic (exact) mass is 536 g/mol. The summed E-state index contributed by atoms with van der Waals surface area (Å²) < 4.78 is 13.4. The lowest BCUT2D eigenvalue weighted by Gasteiger charge is -2.26. The number of hydrogen-bond acceptors (Lipinski definition) is 6. The Morgan fingerprint density at radius 1 is 1.00 bits per heavy atom. The van der Waals surface area contributed by atoms with Gasteiger partial charge >= 0.3 is 0 Å². The van der Waals surface area contributed by atoms with Gasteiger partial charge in [0.25, 0.3) is 5.91 Å². The van der Waals surface area contributed by atoms with Gasteiger partial charge < -0.3 is 19.4 Å². The number of imidazole rings is 1. The lowest BCUT2D eigenvalue weighted by molar-refractivity contribution is 0.0358. The summed E-state index contributed by atoms with van der Waals surface area (Å²) in [7, 11) is 0. The topological polar surface area (TPSA) is 97.3 Å². The number of amides is 1. The number of morpholine rings is 1. The van der Waals surface area contributed by atoms with Crippen molar-refractivity contribution in [1.29, 1.82) is 0 Å². The molecule has 0 unspecified atom stereocenters. The number of nitrogens with one attached hydrogen (secondary N) is 2. The van der Waals surface area contributed by atoms with Gasteiger partial charge in [-0.15, -0.1) is 0 Å². The summed E-state index contributed by atoms with van der Waals surface area (Å²) >= 11 is 0. The number of hydrogen-bond donors (Lipinski definition) is 2. The van der Waals surface area contributed by atoms with E-state index in [0.29, 0.717) is 18.0 Å². The van der Waals surface area contributed by atoms with Crippen molar-refractivity contribution in [2.24, 2.45) is 0 Å². The first-order valence-electron chi connectivity index (χ1n) is 13.6. The normalized spacial score (nSPS) is 13.9. The maximum atomic E-state index is 12.8. The molecule has 40 heavy (non-hydrogen) atoms. The van der Waals surface area contributed by atoms with Crippen molar-refractivity contribution in [3.8, 4) is 17.0 Å². The van der Waals surface area contributed by atoms with E-state index in [9.17, 15) is 4.79 Å². The fourth-order valence-corrected chi connectivity index (χ4v) is 4.86. The Morgan fingerprint density at radius 2 is 1.82 bits per heavy atom. The zero-order valence-electron chi connectivity index (χ0n) is 22.3. The van der Waals surface area contributed by atoms with E-state index >= 15 is 0 Å². The molecule has 3 heterocycles. The minimum Gasteiger partial charge on any atom is -0.494 e. The van der Waals surface area contributed by atoms with Gasteiger partial charge in [-0.05, 0) is 48.4 Å². The van der Waals surface area contributed by atoms with Gasteiger partial charge in [-0.2, -0.15) is 5.10 Å². The average Bonchev–Trinajstić information content (AvgIpc) is 3.63. The summed E-state index contributed by atoms with van der Waals surface area (Å²) in [6, 6.07) is 25.4. The zero-order chi connectivity index (χ0) is 27.1. The second-order valence-corrected chi connectivity index (χ2v) is 9.86. The predicted molar refractivity (Wildman–Crippen MR) is 155 cm³/mol. The highest BCUT2D eigenvalue weighted by molar-refractivity contribution is 6.04. The quantitative estimate of drug-likeness (QED) is 0.248. The highest BCUT2D eigenvalue weighted by Gasteiger charge is 2.12. The van der Waals surface area contributed by atoms with E-state index < -0.39 is 0 Å². The maximum Gasteiger partial charge on any atom is 0.256 e. The van der Waals surface area contributed by atoms with Crippen molar-refractivity contribution in [2.45, 2.75) is 13.0 Å². The molecule has 2 aromatic heterocycles. The number of anilines is 1. The molecule has 2 N–H and O–H groups in total. The lowest BCUT2D eigenvalue weighted by Crippen LogP contribution is -2.37. The molecule has 1 aliphatic rings. The molecule has 1 aliphatic heterocycles. The third-order valence-corrected chi connectivity index (χ3v) is 7.05. The summed E-state index contributed by atoms with van der Waals surface area (Å²) in [5, 5.41) is 10.3. The molecule has 0 aliphatic carbocycles. The second-order valence-electron chi connectivity index (χ2n) is 9.86. The van der Waals surface area contributed by atoms with Gasteiger partial charge in [0.2, 0.25) is 0 Å². The largest absolute Gasteiger partial charge is 0.494 e. The fourth-order valence-electron chi connectivity index (χ4n) is 4.86. The summed E-state index contributed by atoms with van der Waals surface area (Å²) in [6.07, 6.45) is 2.81. The number of H-pyrrole nitrogens is 1. The SMILES string of the molecule is O=C(Nc1cc(-c2ccc3ncn(Cc4ccccc4)c3c2)n[nH]1)c1ccc(OCCCN2CCOCC2)cc1. The highest BCUT2D eigenvalue weighted by Crippen LogP contribution is 2.25. The van der Waals surface area contributed by atoms with Gasteiger partial charge in [0.1, 0.15) is 11.6 Å². The summed E-state index contributed by atoms with van der Waals surface area (Å²) in [6.45, 7) is 5.96. The third kappa shape index (κ3) is 6.22. The highest BCUT2D eigenvalue weighted by atomic mass is 16.5. The number of aromatic nitrogens is 4. The fraction of sp³-hybridized carbons (Fsp3) is 0.258. The number of nitrogens with zero attached hydrogens (tertiary/aromatic N) is 4. The van der Waals surface area contributed by atoms with Gasteiger partial charge in [-0.25, -0.2) is 4.98 Å². The molecule has 6 rings (SSSR count). The first-order valence-corrected chi connectivity index (χ1v) is 13.6. The van der Waals surface area contributed by atoms with Crippen molar-refractivity contribution >= 4 is 22.8 Å². The second kappa shape index (κ2) is 12.1. The van der Waals surface area contributed by atoms with Crippen molar-refractivity contribution < 1.29 is 14.3 Å². The number of carbonyl (C=O) groups is 1. The maximum absolute atomic E-state index is 12.8. The predicted octanol–water partition coefficient (Wildman–Crippen LogP) is 4.83. The Kier molecular flexibility index (Phi) is 7.83. The first-order chi connectivity index (χ1) is 19.7. The van der Waals surface area contributed by atoms with Crippen LogP contribution in [-0.4, -0.2) is 70.0 Å². The Hall–Kier alpha value is -4.47. The Balaban J connectivity index is 1.05. The van der Waals surface area contributed by atoms with Crippen molar-refractivity contribution in [3.05, 3.63) is 96.3 Å². The average molecular weight is 537 g/mol. The molecule has 9 heteroatoms. The molecule has 0 radical (unpaired) electrons. The van der Waals surface area contributed by atoms with E-state index in [4.69, 9.17) is 9.47 Å². The molecule has 0 bridgehead atoms. The van der Waals surface area contributed by atoms with E-state index in [2.05, 4.69) is 48.2 Å². The molecule has 0 saturated carbocycles. The van der Waals surface area contributed by atoms with E-state index in [1.165, 1.54) is 5.56 Å². The van der Waals surface area contributed by atoms with Crippen molar-refractivity contribution in [2.75, 3.05) is 44.8 Å². The Labute approximate surface area is 232 Å². The Bertz CT molecular complexity index is 1560. The molecule has 0 atom stereocenters. The summed E-state index contributed by atoms with van der Waals surface area (Å²) in [5.74, 6) is 1.07. The van der Waals surface area contributed by atoms with Crippen LogP contribution in [0.15, 0.2) is 85.2 Å². The van der Waals surface area contributed by atoms with E-state index in [0.717, 1.165) is 73.9 Å². The van der Waals surface area contributed by atoms with Crippen LogP contribution in [0.1, 0.15) is 22.3 Å². The van der Waals surface area contributed by atoms with E-state index in [1.54, 1.807) is 12.1 Å². The molecular formula is C31H32N6O3. The van der Waals surface area contributed by atoms with Crippen LogP contribution in [-0.2, 0) is 11.3 Å². The molecule has 1 saturated heterocycles. The molecule has 5 aromatic rings. The smallest absolute Gasteiger partial charge is 0.256 e. The zero-order valence-corrected chi connectivity index (χ0v) is 22.3. The third-order valence-electron chi connectivity index (χ3n) is 7.05. The van der Waals surface area contributed by atoms with E-state index in [1.807, 2.05) is 54.9 Å². The van der Waals surface area contributed by atoms with Crippen LogP contribution >= 0.6 is 0 Å². The molecule has 3 aromatic carbocycles. The molecule has 1 fully saturated rings. The number of ether oxygens (including phenoxy) is 2. The number of fused-ring (bicyclic) bond motifs is 1. The van der Waals surface area contributed by atoms with Gasteiger partial charge in [-0.1, -0.05) is 36.4 Å². The minimum atomic E-state index is -0.217. The molecule has 0 spiro atoms. The van der Waals surface area contributed by atoms with Crippen molar-refractivity contribution in [3.63, 3.8) is 0 Å². The van der Waals surface area contributed by atoms with Crippen molar-refractivity contribution in [1.82, 2.24) is 24.6 Å². The first kappa shape index (κ1) is 25.8. The molecule has 204 valence electrons. The Morgan fingerprint density at radius 3 is 2.65 bits per heavy atom. The minimum absolute atomic E-state index is 0.217. The van der Waals surface area contributed by atoms with Crippen LogP contribution in [0, 0.1) is 0 Å². The van der Waals surface area contributed by atoms with Crippen LogP contribution in [0.5, 0.6) is 5.75 Å². The molecule has 1 amide bonds. The van der Waals surface area contributed by atoms with Gasteiger partial charge in [0, 0.05) is 43.4 Å². The van der Waals surface area contributed by atoms with Gasteiger partial charge in [0.05, 0.1) is 42.9 Å². The number of carbonyl (C=O) groups excluding carboxylic acids is 1. The lowest BCUT2D eigenvalue weighted by atomic mass is 10.1. The van der Waals surface area contributed by atoms with Crippen LogP contribution in [0.4, 0.5) is 5.82 Å².